The predicted molar refractivity (Wildman–Crippen MR) is 136 cm³/mol. The molecule has 36 heavy (non-hydrogen) atoms. The Bertz CT molecular complexity index is 1270. The Labute approximate surface area is 208 Å². The first-order valence-electron chi connectivity index (χ1n) is 12.3. The summed E-state index contributed by atoms with van der Waals surface area (Å²) in [5, 5.41) is 3.59. The third-order valence-electron chi connectivity index (χ3n) is 6.82. The fourth-order valence-corrected chi connectivity index (χ4v) is 4.88. The SMILES string of the molecule is CCC(=O)N1CCN(c2nc3cc(F)cc(F)c3c(Nc3cncc(N4CCOCC4)c3)c2C)CC1. The summed E-state index contributed by atoms with van der Waals surface area (Å²) in [5.41, 5.74) is 3.16. The molecule has 2 aromatic heterocycles. The van der Waals surface area contributed by atoms with Gasteiger partial charge in [-0.2, -0.15) is 0 Å². The van der Waals surface area contributed by atoms with E-state index in [1.807, 2.05) is 24.8 Å². The van der Waals surface area contributed by atoms with Crippen LogP contribution in [0.25, 0.3) is 10.9 Å². The van der Waals surface area contributed by atoms with Crippen LogP contribution in [0.4, 0.5) is 31.7 Å². The van der Waals surface area contributed by atoms with Crippen LogP contribution in [0.15, 0.2) is 30.6 Å². The molecular formula is C26H30F2N6O2. The molecule has 0 radical (unpaired) electrons. The number of hydrogen-bond acceptors (Lipinski definition) is 7. The van der Waals surface area contributed by atoms with Crippen LogP contribution in [0, 0.1) is 18.6 Å². The fraction of sp³-hybridized carbons (Fsp3) is 0.423. The molecule has 5 rings (SSSR count). The molecule has 0 aliphatic carbocycles. The highest BCUT2D eigenvalue weighted by molar-refractivity contribution is 5.97. The lowest BCUT2D eigenvalue weighted by Crippen LogP contribution is -2.49. The molecule has 0 saturated carbocycles. The number of morpholine rings is 1. The van der Waals surface area contributed by atoms with Gasteiger partial charge in [0.2, 0.25) is 5.91 Å². The van der Waals surface area contributed by atoms with Gasteiger partial charge in [0.1, 0.15) is 17.5 Å². The largest absolute Gasteiger partial charge is 0.378 e. The van der Waals surface area contributed by atoms with E-state index in [0.29, 0.717) is 63.0 Å². The second kappa shape index (κ2) is 10.2. The number of benzene rings is 1. The minimum atomic E-state index is -0.678. The van der Waals surface area contributed by atoms with Crippen LogP contribution in [-0.2, 0) is 9.53 Å². The van der Waals surface area contributed by atoms with E-state index in [1.165, 1.54) is 6.07 Å². The van der Waals surface area contributed by atoms with E-state index in [0.717, 1.165) is 30.4 Å². The Morgan fingerprint density at radius 1 is 1.03 bits per heavy atom. The number of fused-ring (bicyclic) bond motifs is 1. The van der Waals surface area contributed by atoms with Gasteiger partial charge < -0.3 is 24.8 Å². The highest BCUT2D eigenvalue weighted by Crippen LogP contribution is 2.37. The summed E-state index contributed by atoms with van der Waals surface area (Å²) < 4.78 is 34.7. The summed E-state index contributed by atoms with van der Waals surface area (Å²) in [7, 11) is 0. The number of amides is 1. The highest BCUT2D eigenvalue weighted by Gasteiger charge is 2.25. The second-order valence-electron chi connectivity index (χ2n) is 9.09. The molecule has 0 spiro atoms. The van der Waals surface area contributed by atoms with E-state index in [9.17, 15) is 9.18 Å². The van der Waals surface area contributed by atoms with Gasteiger partial charge in [0.25, 0.3) is 0 Å². The zero-order valence-electron chi connectivity index (χ0n) is 20.6. The highest BCUT2D eigenvalue weighted by atomic mass is 19.1. The normalized spacial score (nSPS) is 16.5. The number of aromatic nitrogens is 2. The Balaban J connectivity index is 1.52. The summed E-state index contributed by atoms with van der Waals surface area (Å²) in [4.78, 5) is 27.3. The number of ether oxygens (including phenoxy) is 1. The number of hydrogen-bond donors (Lipinski definition) is 1. The predicted octanol–water partition coefficient (Wildman–Crippen LogP) is 3.86. The average Bonchev–Trinajstić information content (AvgIpc) is 2.90. The van der Waals surface area contributed by atoms with Crippen LogP contribution in [0.3, 0.4) is 0 Å². The van der Waals surface area contributed by atoms with Gasteiger partial charge in [-0.3, -0.25) is 9.78 Å². The van der Waals surface area contributed by atoms with E-state index in [-0.39, 0.29) is 16.8 Å². The maximum atomic E-state index is 15.1. The average molecular weight is 497 g/mol. The van der Waals surface area contributed by atoms with Crippen LogP contribution in [0.2, 0.25) is 0 Å². The third kappa shape index (κ3) is 4.77. The lowest BCUT2D eigenvalue weighted by molar-refractivity contribution is -0.131. The summed E-state index contributed by atoms with van der Waals surface area (Å²) in [6.07, 6.45) is 3.95. The Kier molecular flexibility index (Phi) is 6.86. The molecule has 10 heteroatoms. The zero-order chi connectivity index (χ0) is 25.2. The molecule has 3 aromatic rings. The van der Waals surface area contributed by atoms with Crippen molar-refractivity contribution in [1.82, 2.24) is 14.9 Å². The van der Waals surface area contributed by atoms with E-state index in [2.05, 4.69) is 25.1 Å². The fourth-order valence-electron chi connectivity index (χ4n) is 4.88. The first kappa shape index (κ1) is 24.2. The smallest absolute Gasteiger partial charge is 0.222 e. The van der Waals surface area contributed by atoms with Crippen molar-refractivity contribution < 1.29 is 18.3 Å². The molecule has 2 aliphatic rings. The quantitative estimate of drug-likeness (QED) is 0.575. The molecule has 1 N–H and O–H groups in total. The topological polar surface area (TPSA) is 73.8 Å². The van der Waals surface area contributed by atoms with Crippen molar-refractivity contribution >= 4 is 39.7 Å². The van der Waals surface area contributed by atoms with E-state index in [1.54, 1.807) is 12.4 Å². The van der Waals surface area contributed by atoms with Gasteiger partial charge in [-0.1, -0.05) is 6.92 Å². The van der Waals surface area contributed by atoms with E-state index in [4.69, 9.17) is 4.74 Å². The molecule has 0 bridgehead atoms. The van der Waals surface area contributed by atoms with Gasteiger partial charge in [-0.25, -0.2) is 13.8 Å². The number of carbonyl (C=O) groups is 1. The molecule has 0 unspecified atom stereocenters. The number of halogens is 2. The van der Waals surface area contributed by atoms with Gasteiger partial charge in [-0.15, -0.1) is 0 Å². The van der Waals surface area contributed by atoms with Gasteiger partial charge in [0.05, 0.1) is 53.6 Å². The molecule has 0 atom stereocenters. The Hall–Kier alpha value is -3.53. The van der Waals surface area contributed by atoms with Crippen LogP contribution < -0.4 is 15.1 Å². The van der Waals surface area contributed by atoms with Gasteiger partial charge in [0, 0.05) is 63.4 Å². The molecule has 2 aliphatic heterocycles. The number of pyridine rings is 2. The van der Waals surface area contributed by atoms with Crippen LogP contribution >= 0.6 is 0 Å². The zero-order valence-corrected chi connectivity index (χ0v) is 20.6. The molecule has 1 amide bonds. The molecular weight excluding hydrogens is 466 g/mol. The number of piperazine rings is 1. The molecule has 4 heterocycles. The van der Waals surface area contributed by atoms with Gasteiger partial charge >= 0.3 is 0 Å². The maximum absolute atomic E-state index is 15.1. The van der Waals surface area contributed by atoms with Crippen molar-refractivity contribution in [3.63, 3.8) is 0 Å². The van der Waals surface area contributed by atoms with Crippen molar-refractivity contribution in [2.24, 2.45) is 0 Å². The molecule has 2 saturated heterocycles. The van der Waals surface area contributed by atoms with E-state index < -0.39 is 11.6 Å². The van der Waals surface area contributed by atoms with E-state index >= 15 is 4.39 Å². The Morgan fingerprint density at radius 2 is 1.78 bits per heavy atom. The first-order valence-corrected chi connectivity index (χ1v) is 12.3. The van der Waals surface area contributed by atoms with Crippen molar-refractivity contribution in [3.05, 3.63) is 47.8 Å². The minimum Gasteiger partial charge on any atom is -0.378 e. The Morgan fingerprint density at radius 3 is 2.50 bits per heavy atom. The summed E-state index contributed by atoms with van der Waals surface area (Å²) >= 11 is 0. The van der Waals surface area contributed by atoms with Gasteiger partial charge in [-0.05, 0) is 13.0 Å². The number of rotatable bonds is 5. The van der Waals surface area contributed by atoms with Crippen molar-refractivity contribution in [1.29, 1.82) is 0 Å². The van der Waals surface area contributed by atoms with Crippen LogP contribution in [-0.4, -0.2) is 73.3 Å². The van der Waals surface area contributed by atoms with Gasteiger partial charge in [0.15, 0.2) is 0 Å². The number of carbonyl (C=O) groups excluding carboxylic acids is 1. The minimum absolute atomic E-state index is 0.122. The lowest BCUT2D eigenvalue weighted by Gasteiger charge is -2.36. The number of nitrogens with zero attached hydrogens (tertiary/aromatic N) is 5. The summed E-state index contributed by atoms with van der Waals surface area (Å²) in [6.45, 7) is 8.94. The molecule has 190 valence electrons. The van der Waals surface area contributed by atoms with Crippen molar-refractivity contribution in [2.75, 3.05) is 67.6 Å². The maximum Gasteiger partial charge on any atom is 0.222 e. The number of anilines is 4. The number of nitrogens with one attached hydrogen (secondary N) is 1. The monoisotopic (exact) mass is 496 g/mol. The van der Waals surface area contributed by atoms with Crippen molar-refractivity contribution in [3.8, 4) is 0 Å². The molecule has 8 nitrogen and oxygen atoms in total. The molecule has 1 aromatic carbocycles. The third-order valence-corrected chi connectivity index (χ3v) is 6.82. The lowest BCUT2D eigenvalue weighted by atomic mass is 10.1. The second-order valence-corrected chi connectivity index (χ2v) is 9.09. The molecule has 2 fully saturated rings. The summed E-state index contributed by atoms with van der Waals surface area (Å²) in [6, 6.07) is 4.11. The summed E-state index contributed by atoms with van der Waals surface area (Å²) in [5.74, 6) is -0.583. The van der Waals surface area contributed by atoms with Crippen LogP contribution in [0.5, 0.6) is 0 Å². The first-order chi connectivity index (χ1) is 17.4. The van der Waals surface area contributed by atoms with Crippen LogP contribution in [0.1, 0.15) is 18.9 Å². The standard InChI is InChI=1S/C26H30F2N6O2/c1-3-23(35)33-4-6-34(7-5-33)26-17(2)25(24-21(28)12-18(27)13-22(24)31-26)30-19-14-20(16-29-15-19)32-8-10-36-11-9-32/h12-16H,3-11H2,1-2H3,(H,30,31). The van der Waals surface area contributed by atoms with Crippen molar-refractivity contribution in [2.45, 2.75) is 20.3 Å².